The first-order valence-corrected chi connectivity index (χ1v) is 6.75. The maximum Gasteiger partial charge on any atom is 0.152 e. The summed E-state index contributed by atoms with van der Waals surface area (Å²) in [6.45, 7) is 4.79. The van der Waals surface area contributed by atoms with Gasteiger partial charge in [0.1, 0.15) is 5.84 Å². The number of hydrogen-bond acceptors (Lipinski definition) is 3. The lowest BCUT2D eigenvalue weighted by Crippen LogP contribution is -2.20. The van der Waals surface area contributed by atoms with Crippen LogP contribution in [-0.4, -0.2) is 17.4 Å². The van der Waals surface area contributed by atoms with Crippen LogP contribution >= 0.6 is 11.6 Å². The molecule has 2 aromatic rings. The molecule has 0 radical (unpaired) electrons. The van der Waals surface area contributed by atoms with Gasteiger partial charge in [-0.05, 0) is 32.0 Å². The zero-order valence-electron chi connectivity index (χ0n) is 11.5. The summed E-state index contributed by atoms with van der Waals surface area (Å²) >= 11 is 6.33. The second-order valence-electron chi connectivity index (χ2n) is 4.49. The summed E-state index contributed by atoms with van der Waals surface area (Å²) in [6, 6.07) is 9.78. The summed E-state index contributed by atoms with van der Waals surface area (Å²) in [5.41, 5.74) is 8.24. The summed E-state index contributed by atoms with van der Waals surface area (Å²) in [4.78, 5) is 6.33. The number of halogens is 1. The number of hydrogen-bond donors (Lipinski definition) is 2. The van der Waals surface area contributed by atoms with Crippen LogP contribution in [0.4, 0.5) is 11.5 Å². The van der Waals surface area contributed by atoms with E-state index in [1.165, 1.54) is 5.56 Å². The van der Waals surface area contributed by atoms with E-state index in [1.807, 2.05) is 43.0 Å². The van der Waals surface area contributed by atoms with Crippen LogP contribution in [0.25, 0.3) is 0 Å². The first kappa shape index (κ1) is 14.3. The van der Waals surface area contributed by atoms with Crippen LogP contribution < -0.4 is 10.6 Å². The van der Waals surface area contributed by atoms with Crippen molar-refractivity contribution in [3.63, 3.8) is 0 Å². The molecule has 3 N–H and O–H groups in total. The molecule has 104 valence electrons. The maximum absolute atomic E-state index is 7.55. The van der Waals surface area contributed by atoms with E-state index < -0.39 is 0 Å². The molecular formula is C15H17ClN4. The molecule has 0 aliphatic rings. The Morgan fingerprint density at radius 1 is 1.30 bits per heavy atom. The lowest BCUT2D eigenvalue weighted by atomic mass is 10.2. The molecule has 5 heteroatoms. The molecule has 20 heavy (non-hydrogen) atoms. The van der Waals surface area contributed by atoms with Crippen molar-refractivity contribution in [1.29, 1.82) is 5.41 Å². The van der Waals surface area contributed by atoms with Gasteiger partial charge in [0.25, 0.3) is 0 Å². The molecule has 0 aliphatic carbocycles. The molecule has 4 nitrogen and oxygen atoms in total. The normalized spacial score (nSPS) is 10.3. The number of nitrogens with two attached hydrogens (primary N) is 1. The van der Waals surface area contributed by atoms with Crippen molar-refractivity contribution >= 4 is 28.9 Å². The molecule has 1 aromatic heterocycles. The Labute approximate surface area is 123 Å². The summed E-state index contributed by atoms with van der Waals surface area (Å²) in [6.07, 6.45) is 1.62. The quantitative estimate of drug-likeness (QED) is 0.668. The number of anilines is 2. The lowest BCUT2D eigenvalue weighted by Gasteiger charge is -2.24. The third kappa shape index (κ3) is 2.75. The van der Waals surface area contributed by atoms with Crippen LogP contribution in [0.1, 0.15) is 18.1 Å². The molecule has 0 saturated heterocycles. The van der Waals surface area contributed by atoms with Crippen molar-refractivity contribution in [2.45, 2.75) is 13.8 Å². The van der Waals surface area contributed by atoms with Crippen molar-refractivity contribution in [2.75, 3.05) is 11.4 Å². The van der Waals surface area contributed by atoms with Gasteiger partial charge < -0.3 is 10.6 Å². The van der Waals surface area contributed by atoms with E-state index in [4.69, 9.17) is 22.7 Å². The average molecular weight is 289 g/mol. The zero-order valence-corrected chi connectivity index (χ0v) is 12.3. The van der Waals surface area contributed by atoms with Gasteiger partial charge >= 0.3 is 0 Å². The molecule has 0 aliphatic heterocycles. The highest BCUT2D eigenvalue weighted by Gasteiger charge is 2.16. The smallest absolute Gasteiger partial charge is 0.152 e. The SMILES string of the molecule is CCN(c1ccc(C)cc1)c1nccc(C(=N)N)c1Cl. The number of aryl methyl sites for hydroxylation is 1. The predicted molar refractivity (Wildman–Crippen MR) is 84.1 cm³/mol. The Morgan fingerprint density at radius 3 is 2.50 bits per heavy atom. The fraction of sp³-hybridized carbons (Fsp3) is 0.200. The molecule has 0 bridgehead atoms. The minimum absolute atomic E-state index is 0.0568. The van der Waals surface area contributed by atoms with Gasteiger partial charge in [-0.3, -0.25) is 5.41 Å². The number of nitrogen functional groups attached to an aromatic ring is 1. The molecular weight excluding hydrogens is 272 g/mol. The first-order valence-electron chi connectivity index (χ1n) is 6.37. The standard InChI is InChI=1S/C15H17ClN4/c1-3-20(11-6-4-10(2)5-7-11)15-13(16)12(14(17)18)8-9-19-15/h4-9H,3H2,1-2H3,(H3,17,18). The minimum Gasteiger partial charge on any atom is -0.384 e. The second kappa shape index (κ2) is 5.92. The number of aromatic nitrogens is 1. The van der Waals surface area contributed by atoms with Gasteiger partial charge in [0, 0.05) is 24.0 Å². The van der Waals surface area contributed by atoms with Crippen LogP contribution in [0, 0.1) is 12.3 Å². The van der Waals surface area contributed by atoms with Crippen molar-refractivity contribution < 1.29 is 0 Å². The number of nitrogens with one attached hydrogen (secondary N) is 1. The van der Waals surface area contributed by atoms with Crippen molar-refractivity contribution in [3.05, 3.63) is 52.7 Å². The summed E-state index contributed by atoms with van der Waals surface area (Å²) < 4.78 is 0. The third-order valence-corrected chi connectivity index (χ3v) is 3.45. The minimum atomic E-state index is -0.0568. The predicted octanol–water partition coefficient (Wildman–Crippen LogP) is 3.49. The van der Waals surface area contributed by atoms with Gasteiger partial charge in [0.15, 0.2) is 5.82 Å². The van der Waals surface area contributed by atoms with Crippen molar-refractivity contribution in [2.24, 2.45) is 5.73 Å². The average Bonchev–Trinajstić information content (AvgIpc) is 2.43. The fourth-order valence-corrected chi connectivity index (χ4v) is 2.32. The largest absolute Gasteiger partial charge is 0.384 e. The van der Waals surface area contributed by atoms with E-state index in [0.29, 0.717) is 16.4 Å². The molecule has 0 amide bonds. The Kier molecular flexibility index (Phi) is 4.25. The van der Waals surface area contributed by atoms with E-state index in [2.05, 4.69) is 4.98 Å². The van der Waals surface area contributed by atoms with Crippen molar-refractivity contribution in [1.82, 2.24) is 4.98 Å². The van der Waals surface area contributed by atoms with E-state index >= 15 is 0 Å². The highest BCUT2D eigenvalue weighted by molar-refractivity contribution is 6.36. The molecule has 0 spiro atoms. The van der Waals surface area contributed by atoms with E-state index in [-0.39, 0.29) is 5.84 Å². The summed E-state index contributed by atoms with van der Waals surface area (Å²) in [5.74, 6) is 0.560. The van der Waals surface area contributed by atoms with E-state index in [0.717, 1.165) is 12.2 Å². The van der Waals surface area contributed by atoms with E-state index in [1.54, 1.807) is 12.3 Å². The van der Waals surface area contributed by atoms with Crippen LogP contribution in [0.15, 0.2) is 36.5 Å². The molecule has 0 atom stereocenters. The fourth-order valence-electron chi connectivity index (χ4n) is 2.01. The second-order valence-corrected chi connectivity index (χ2v) is 4.87. The highest BCUT2D eigenvalue weighted by Crippen LogP contribution is 2.31. The monoisotopic (exact) mass is 288 g/mol. The first-order chi connectivity index (χ1) is 9.54. The van der Waals surface area contributed by atoms with Crippen molar-refractivity contribution in [3.8, 4) is 0 Å². The highest BCUT2D eigenvalue weighted by atomic mass is 35.5. The molecule has 1 heterocycles. The van der Waals surface area contributed by atoms with Gasteiger partial charge in [-0.15, -0.1) is 0 Å². The number of benzene rings is 1. The molecule has 0 fully saturated rings. The van der Waals surface area contributed by atoms with Gasteiger partial charge in [0.2, 0.25) is 0 Å². The van der Waals surface area contributed by atoms with Gasteiger partial charge in [-0.25, -0.2) is 4.98 Å². The molecule has 2 rings (SSSR count). The Balaban J connectivity index is 2.49. The number of pyridine rings is 1. The van der Waals surface area contributed by atoms with Gasteiger partial charge in [-0.2, -0.15) is 0 Å². The van der Waals surface area contributed by atoms with Gasteiger partial charge in [0.05, 0.1) is 5.02 Å². The third-order valence-electron chi connectivity index (χ3n) is 3.08. The zero-order chi connectivity index (χ0) is 14.7. The van der Waals surface area contributed by atoms with Crippen LogP contribution in [0.5, 0.6) is 0 Å². The maximum atomic E-state index is 7.55. The molecule has 1 aromatic carbocycles. The van der Waals surface area contributed by atoms with Crippen LogP contribution in [-0.2, 0) is 0 Å². The Hall–Kier alpha value is -2.07. The van der Waals surface area contributed by atoms with E-state index in [9.17, 15) is 0 Å². The summed E-state index contributed by atoms with van der Waals surface area (Å²) in [7, 11) is 0. The molecule has 0 saturated carbocycles. The van der Waals surface area contributed by atoms with Crippen LogP contribution in [0.2, 0.25) is 5.02 Å². The lowest BCUT2D eigenvalue weighted by molar-refractivity contribution is 0.988. The van der Waals surface area contributed by atoms with Crippen LogP contribution in [0.3, 0.4) is 0 Å². The summed E-state index contributed by atoms with van der Waals surface area (Å²) in [5, 5.41) is 7.96. The number of rotatable bonds is 4. The number of nitrogens with zero attached hydrogens (tertiary/aromatic N) is 2. The molecule has 0 unspecified atom stereocenters. The Bertz CT molecular complexity index is 622. The Morgan fingerprint density at radius 2 is 1.95 bits per heavy atom. The number of amidine groups is 1. The topological polar surface area (TPSA) is 66.0 Å². The van der Waals surface area contributed by atoms with Gasteiger partial charge in [-0.1, -0.05) is 29.3 Å².